The molecule has 4 aliphatic rings. The molecule has 6 atom stereocenters. The number of hydrogen-bond acceptors (Lipinski definition) is 9. The van der Waals surface area contributed by atoms with Gasteiger partial charge in [-0.2, -0.15) is 0 Å². The summed E-state index contributed by atoms with van der Waals surface area (Å²) in [4.78, 5) is 70.6. The Morgan fingerprint density at radius 1 is 1.02 bits per heavy atom. The van der Waals surface area contributed by atoms with E-state index in [0.717, 1.165) is 30.8 Å². The SMILES string of the molecule is CN(C)[C@H]1C(=O)C(C(N)=O)C(=O)[C@]2(O)C(=O)C3C(=O)c4c(O)ccc(-c5ccc(CN6CCCC6)cc5)c4C[C@@H]3C[C@H]12. The van der Waals surface area contributed by atoms with Crippen molar-refractivity contribution in [1.82, 2.24) is 9.80 Å². The van der Waals surface area contributed by atoms with E-state index in [0.29, 0.717) is 5.56 Å². The van der Waals surface area contributed by atoms with Gasteiger partial charge in [-0.3, -0.25) is 33.8 Å². The second-order valence-electron chi connectivity index (χ2n) is 12.5. The smallest absolute Gasteiger partial charge is 0.235 e. The first-order chi connectivity index (χ1) is 19.9. The van der Waals surface area contributed by atoms with Gasteiger partial charge in [0.1, 0.15) is 5.75 Å². The molecule has 0 bridgehead atoms. The lowest BCUT2D eigenvalue weighted by Gasteiger charge is -2.52. The molecule has 10 heteroatoms. The Labute approximate surface area is 243 Å². The third-order valence-electron chi connectivity index (χ3n) is 9.81. The predicted octanol–water partition coefficient (Wildman–Crippen LogP) is 1.13. The molecule has 3 fully saturated rings. The first-order valence-corrected chi connectivity index (χ1v) is 14.5. The van der Waals surface area contributed by atoms with Crippen molar-refractivity contribution in [2.45, 2.75) is 43.9 Å². The fourth-order valence-corrected chi connectivity index (χ4v) is 7.86. The van der Waals surface area contributed by atoms with Crippen LogP contribution in [0.3, 0.4) is 0 Å². The molecule has 1 heterocycles. The fourth-order valence-electron chi connectivity index (χ4n) is 7.86. The van der Waals surface area contributed by atoms with Crippen molar-refractivity contribution >= 4 is 29.0 Å². The van der Waals surface area contributed by atoms with Gasteiger partial charge in [0.2, 0.25) is 5.91 Å². The van der Waals surface area contributed by atoms with Gasteiger partial charge in [-0.1, -0.05) is 30.3 Å². The van der Waals surface area contributed by atoms with Crippen molar-refractivity contribution in [3.8, 4) is 16.9 Å². The van der Waals surface area contributed by atoms with Crippen LogP contribution in [0, 0.1) is 23.7 Å². The van der Waals surface area contributed by atoms with Crippen LogP contribution in [0.1, 0.15) is 40.7 Å². The molecule has 10 nitrogen and oxygen atoms in total. The molecule has 2 aromatic rings. The molecule has 2 unspecified atom stereocenters. The Bertz CT molecular complexity index is 1510. The maximum atomic E-state index is 14.0. The fraction of sp³-hybridized carbons (Fsp3) is 0.469. The van der Waals surface area contributed by atoms with Crippen LogP contribution in [0.15, 0.2) is 36.4 Å². The summed E-state index contributed by atoms with van der Waals surface area (Å²) >= 11 is 0. The van der Waals surface area contributed by atoms with Crippen LogP contribution < -0.4 is 5.73 Å². The molecule has 220 valence electrons. The number of likely N-dealkylation sites (N-methyl/N-ethyl adjacent to an activating group) is 1. The molecule has 4 N–H and O–H groups in total. The average molecular weight is 574 g/mol. The highest BCUT2D eigenvalue weighted by Gasteiger charge is 2.69. The van der Waals surface area contributed by atoms with E-state index in [4.69, 9.17) is 5.73 Å². The number of nitrogens with two attached hydrogens (primary N) is 1. The Morgan fingerprint density at radius 3 is 2.31 bits per heavy atom. The molecule has 0 radical (unpaired) electrons. The number of primary amides is 1. The van der Waals surface area contributed by atoms with Crippen molar-refractivity contribution < 1.29 is 34.2 Å². The molecule has 1 amide bonds. The van der Waals surface area contributed by atoms with Crippen LogP contribution >= 0.6 is 0 Å². The van der Waals surface area contributed by atoms with Gasteiger partial charge in [-0.15, -0.1) is 0 Å². The molecule has 0 spiro atoms. The van der Waals surface area contributed by atoms with Gasteiger partial charge >= 0.3 is 0 Å². The second-order valence-corrected chi connectivity index (χ2v) is 12.5. The number of ketones is 4. The van der Waals surface area contributed by atoms with E-state index >= 15 is 0 Å². The van der Waals surface area contributed by atoms with E-state index in [1.54, 1.807) is 20.2 Å². The van der Waals surface area contributed by atoms with Crippen molar-refractivity contribution in [3.63, 3.8) is 0 Å². The zero-order chi connectivity index (χ0) is 30.1. The Morgan fingerprint density at radius 2 is 1.69 bits per heavy atom. The summed E-state index contributed by atoms with van der Waals surface area (Å²) in [7, 11) is 3.14. The van der Waals surface area contributed by atoms with Crippen LogP contribution in [0.2, 0.25) is 0 Å². The molecule has 1 saturated heterocycles. The summed E-state index contributed by atoms with van der Waals surface area (Å²) in [5.41, 5.74) is 6.04. The van der Waals surface area contributed by atoms with Crippen LogP contribution in [-0.4, -0.2) is 87.9 Å². The van der Waals surface area contributed by atoms with Crippen LogP contribution in [0.25, 0.3) is 11.1 Å². The highest BCUT2D eigenvalue weighted by molar-refractivity contribution is 6.32. The summed E-state index contributed by atoms with van der Waals surface area (Å²) in [6.45, 7) is 3.04. The number of likely N-dealkylation sites (tertiary alicyclic amines) is 1. The molecular weight excluding hydrogens is 538 g/mol. The number of hydrogen-bond donors (Lipinski definition) is 3. The lowest BCUT2D eigenvalue weighted by molar-refractivity contribution is -0.181. The highest BCUT2D eigenvalue weighted by atomic mass is 16.3. The van der Waals surface area contributed by atoms with Gasteiger partial charge in [0.15, 0.2) is 34.7 Å². The minimum Gasteiger partial charge on any atom is -0.507 e. The molecule has 0 aromatic heterocycles. The average Bonchev–Trinajstić information content (AvgIpc) is 3.44. The number of aliphatic hydroxyl groups is 1. The summed E-state index contributed by atoms with van der Waals surface area (Å²) in [5, 5.41) is 22.5. The lowest BCUT2D eigenvalue weighted by atomic mass is 9.52. The van der Waals surface area contributed by atoms with Gasteiger partial charge in [0.25, 0.3) is 0 Å². The van der Waals surface area contributed by atoms with E-state index in [2.05, 4.69) is 17.0 Å². The number of nitrogens with zero attached hydrogens (tertiary/aromatic N) is 2. The third-order valence-corrected chi connectivity index (χ3v) is 9.81. The third kappa shape index (κ3) is 4.15. The molecule has 2 aromatic carbocycles. The van der Waals surface area contributed by atoms with E-state index in [9.17, 15) is 34.2 Å². The molecule has 42 heavy (non-hydrogen) atoms. The number of fused-ring (bicyclic) bond motifs is 3. The largest absolute Gasteiger partial charge is 0.507 e. The van der Waals surface area contributed by atoms with Crippen molar-refractivity contribution in [3.05, 3.63) is 53.1 Å². The zero-order valence-electron chi connectivity index (χ0n) is 23.7. The number of benzene rings is 2. The number of amides is 1. The predicted molar refractivity (Wildman–Crippen MR) is 151 cm³/mol. The maximum absolute atomic E-state index is 14.0. The van der Waals surface area contributed by atoms with Crippen LogP contribution in [0.4, 0.5) is 0 Å². The van der Waals surface area contributed by atoms with Crippen molar-refractivity contribution in [2.24, 2.45) is 29.4 Å². The second kappa shape index (κ2) is 10.2. The van der Waals surface area contributed by atoms with Crippen LogP contribution in [0.5, 0.6) is 5.75 Å². The molecular formula is C32H35N3O7. The Hall–Kier alpha value is -3.73. The molecule has 6 rings (SSSR count). The minimum absolute atomic E-state index is 0.000221. The van der Waals surface area contributed by atoms with Gasteiger partial charge < -0.3 is 15.9 Å². The molecule has 2 saturated carbocycles. The number of rotatable bonds is 5. The monoisotopic (exact) mass is 573 g/mol. The normalized spacial score (nSPS) is 31.2. The number of Topliss-reactive ketones (excluding diaryl/α,β-unsaturated/α-hetero) is 4. The van der Waals surface area contributed by atoms with Gasteiger partial charge in [-0.05, 0) is 87.1 Å². The first kappa shape index (κ1) is 28.4. The first-order valence-electron chi connectivity index (χ1n) is 14.5. The summed E-state index contributed by atoms with van der Waals surface area (Å²) in [6.07, 6.45) is 2.66. The van der Waals surface area contributed by atoms with E-state index in [1.807, 2.05) is 12.1 Å². The maximum Gasteiger partial charge on any atom is 0.235 e. The number of aromatic hydroxyl groups is 1. The number of carbonyl (C=O) groups excluding carboxylic acids is 5. The number of phenolic OH excluding ortho intramolecular Hbond substituents is 1. The Balaban J connectivity index is 1.39. The number of phenols is 1. The van der Waals surface area contributed by atoms with Crippen LogP contribution in [-0.2, 0) is 32.1 Å². The summed E-state index contributed by atoms with van der Waals surface area (Å²) < 4.78 is 0. The Kier molecular flexibility index (Phi) is 6.91. The van der Waals surface area contributed by atoms with E-state index < -0.39 is 64.4 Å². The van der Waals surface area contributed by atoms with Crippen molar-refractivity contribution in [1.29, 1.82) is 0 Å². The summed E-state index contributed by atoms with van der Waals surface area (Å²) in [6, 6.07) is 10.1. The molecule has 3 aliphatic carbocycles. The van der Waals surface area contributed by atoms with Crippen molar-refractivity contribution in [2.75, 3.05) is 27.2 Å². The lowest BCUT2D eigenvalue weighted by Crippen LogP contribution is -2.74. The highest BCUT2D eigenvalue weighted by Crippen LogP contribution is 2.51. The minimum atomic E-state index is -2.73. The van der Waals surface area contributed by atoms with Gasteiger partial charge in [0, 0.05) is 12.5 Å². The topological polar surface area (TPSA) is 158 Å². The quantitative estimate of drug-likeness (QED) is 0.446. The zero-order valence-corrected chi connectivity index (χ0v) is 23.7. The van der Waals surface area contributed by atoms with Gasteiger partial charge in [0.05, 0.1) is 17.5 Å². The number of carbonyl (C=O) groups is 5. The van der Waals surface area contributed by atoms with Gasteiger partial charge in [-0.25, -0.2) is 0 Å². The van der Waals surface area contributed by atoms with E-state index in [-0.39, 0.29) is 24.2 Å². The molecule has 1 aliphatic heterocycles. The van der Waals surface area contributed by atoms with E-state index in [1.165, 1.54) is 29.4 Å². The standard InChI is InChI=1S/C32H35N3O7/c1-34(2)26-21-14-18-13-20-19(17-7-5-16(6-8-17)15-35-11-3-4-12-35)9-10-22(36)24(20)27(37)23(18)29(39)32(21,42)30(40)25(28(26)38)31(33)41/h5-10,18,21,23,25-26,36,42H,3-4,11-15H2,1-2H3,(H2,33,41)/t18-,21-,23?,25?,26-,32-/m1/s1. The summed E-state index contributed by atoms with van der Waals surface area (Å²) in [5.74, 6) is -10.4.